The van der Waals surface area contributed by atoms with E-state index in [0.29, 0.717) is 89.4 Å². The number of hydrogen-bond donors (Lipinski definition) is 6. The zero-order valence-electron chi connectivity index (χ0n) is 33.2. The van der Waals surface area contributed by atoms with Gasteiger partial charge in [0.25, 0.3) is 40.5 Å². The molecule has 0 atom stereocenters. The zero-order chi connectivity index (χ0) is 45.3. The quantitative estimate of drug-likeness (QED) is 0.0614. The van der Waals surface area contributed by atoms with E-state index in [1.165, 1.54) is 97.1 Å². The fourth-order valence-electron chi connectivity index (χ4n) is 7.59. The summed E-state index contributed by atoms with van der Waals surface area (Å²) in [7, 11) is -18.2. The second-order valence-corrected chi connectivity index (χ2v) is 20.2. The number of rotatable bonds is 8. The Morgan fingerprint density at radius 3 is 0.667 bits per heavy atom. The standard InChI is InChI=1S/C44H30N4O12S4.ClH.Mn/c49-61(50,51)29-9-1-25(2-10-29)41-33-17-19-35(45-33)42(26-3-11-30(12-4-26)62(52,53)54)37-21-23-39(47-37)44(28-7-15-32(16-8-28)64(58,59)60)40-24-22-38(48-40)43(36-20-18-34(41)46-36)27-5-13-31(14-6-27)63(55,56)57;;/h1-24,45,48H,(H,49,50,51)(H,52,53,54)(H,55,56,57)(H,58,59,60);1H;. The maximum Gasteiger partial charge on any atom is 0.294 e. The Kier molecular flexibility index (Phi) is 12.8. The number of nitrogens with zero attached hydrogens (tertiary/aromatic N) is 2. The van der Waals surface area contributed by atoms with Gasteiger partial charge in [-0.05, 0) is 119 Å². The van der Waals surface area contributed by atoms with Crippen molar-refractivity contribution in [1.82, 2.24) is 19.9 Å². The normalized spacial score (nSPS) is 12.7. The molecule has 0 aliphatic carbocycles. The molecule has 337 valence electrons. The number of hydrogen-bond acceptors (Lipinski definition) is 10. The Morgan fingerprint density at radius 2 is 0.500 bits per heavy atom. The van der Waals surface area contributed by atoms with Gasteiger partial charge in [0.15, 0.2) is 0 Å². The monoisotopic (exact) mass is 1020 g/mol. The van der Waals surface area contributed by atoms with Crippen LogP contribution in [0.1, 0.15) is 22.8 Å². The van der Waals surface area contributed by atoms with Crippen LogP contribution < -0.4 is 0 Å². The maximum atomic E-state index is 12.0. The molecule has 0 amide bonds. The summed E-state index contributed by atoms with van der Waals surface area (Å²) < 4.78 is 135. The van der Waals surface area contributed by atoms with E-state index >= 15 is 0 Å². The van der Waals surface area contributed by atoms with Gasteiger partial charge in [-0.25, -0.2) is 9.97 Å². The number of benzene rings is 4. The Labute approximate surface area is 393 Å². The third-order valence-electron chi connectivity index (χ3n) is 10.5. The van der Waals surface area contributed by atoms with Crippen LogP contribution in [0.4, 0.5) is 0 Å². The molecule has 3 aromatic heterocycles. The maximum absolute atomic E-state index is 12.0. The summed E-state index contributed by atoms with van der Waals surface area (Å²) in [6.45, 7) is 0. The molecule has 2 aliphatic heterocycles. The van der Waals surface area contributed by atoms with Crippen molar-refractivity contribution in [3.8, 4) is 44.5 Å². The van der Waals surface area contributed by atoms with Crippen LogP contribution in [0.15, 0.2) is 141 Å². The van der Waals surface area contributed by atoms with Gasteiger partial charge >= 0.3 is 0 Å². The van der Waals surface area contributed by atoms with Crippen molar-refractivity contribution in [2.24, 2.45) is 0 Å². The number of fused-ring (bicyclic) bond motifs is 8. The minimum atomic E-state index is -4.55. The molecule has 22 heteroatoms. The van der Waals surface area contributed by atoms with Crippen molar-refractivity contribution in [3.63, 3.8) is 0 Å². The Balaban J connectivity index is 0.00000324. The first kappa shape index (κ1) is 47.9. The van der Waals surface area contributed by atoms with Crippen molar-refractivity contribution in [1.29, 1.82) is 0 Å². The van der Waals surface area contributed by atoms with Gasteiger partial charge in [-0.2, -0.15) is 33.7 Å². The SMILES string of the molecule is Cl.O=S(=O)(O)c1ccc(-c2c3nc(c(-c4ccc(S(=O)(=O)O)cc4)c4ccc([nH]4)c(-c4ccc(S(=O)(=O)O)cc4)c4nc(c(-c5ccc(S(=O)(=O)O)cc5)c5ccc2[nH]5)C=C4)C=C3)cc1.[Mn]. The van der Waals surface area contributed by atoms with Gasteiger partial charge in [0.2, 0.25) is 0 Å². The Hall–Kier alpha value is -6.07. The van der Waals surface area contributed by atoms with Gasteiger partial charge in [0.1, 0.15) is 0 Å². The third kappa shape index (κ3) is 9.32. The predicted molar refractivity (Wildman–Crippen MR) is 247 cm³/mol. The van der Waals surface area contributed by atoms with Gasteiger partial charge < -0.3 is 9.97 Å². The van der Waals surface area contributed by atoms with Crippen molar-refractivity contribution in [2.45, 2.75) is 19.6 Å². The summed E-state index contributed by atoms with van der Waals surface area (Å²) in [6.07, 6.45) is 6.92. The van der Waals surface area contributed by atoms with Gasteiger partial charge in [0.05, 0.1) is 42.4 Å². The van der Waals surface area contributed by atoms with E-state index in [4.69, 9.17) is 9.97 Å². The molecule has 4 aromatic carbocycles. The second-order valence-electron chi connectivity index (χ2n) is 14.5. The number of nitrogens with one attached hydrogen (secondary N) is 2. The number of aromatic nitrogens is 4. The summed E-state index contributed by atoms with van der Waals surface area (Å²) in [4.78, 5) is 15.6. The van der Waals surface area contributed by atoms with Crippen LogP contribution in [0.2, 0.25) is 0 Å². The molecule has 8 bridgehead atoms. The molecule has 0 unspecified atom stereocenters. The van der Waals surface area contributed by atoms with Crippen molar-refractivity contribution in [2.75, 3.05) is 0 Å². The minimum Gasteiger partial charge on any atom is -0.354 e. The van der Waals surface area contributed by atoms with Crippen LogP contribution >= 0.6 is 12.4 Å². The number of aromatic amines is 2. The summed E-state index contributed by atoms with van der Waals surface area (Å²) in [5.74, 6) is 0. The third-order valence-corrected chi connectivity index (χ3v) is 14.0. The molecule has 0 saturated heterocycles. The molecule has 16 nitrogen and oxygen atoms in total. The van der Waals surface area contributed by atoms with E-state index in [9.17, 15) is 51.9 Å². The van der Waals surface area contributed by atoms with E-state index in [-0.39, 0.29) is 49.1 Å². The smallest absolute Gasteiger partial charge is 0.294 e. The fraction of sp³-hybridized carbons (Fsp3) is 0. The van der Waals surface area contributed by atoms with Crippen LogP contribution in [0, 0.1) is 0 Å². The van der Waals surface area contributed by atoms with Gasteiger partial charge in [-0.1, -0.05) is 48.5 Å². The average molecular weight is 1030 g/mol. The summed E-state index contributed by atoms with van der Waals surface area (Å²) in [6, 6.07) is 29.0. The van der Waals surface area contributed by atoms with E-state index in [1.54, 1.807) is 48.6 Å². The summed E-state index contributed by atoms with van der Waals surface area (Å²) in [5, 5.41) is 0. The molecule has 2 aliphatic rings. The topological polar surface area (TPSA) is 275 Å². The van der Waals surface area contributed by atoms with Gasteiger partial charge in [-0.3, -0.25) is 18.2 Å². The Bertz CT molecular complexity index is 3310. The van der Waals surface area contributed by atoms with Crippen molar-refractivity contribution in [3.05, 3.63) is 144 Å². The first-order chi connectivity index (χ1) is 30.2. The van der Waals surface area contributed by atoms with Crippen LogP contribution in [-0.2, 0) is 57.5 Å². The first-order valence-electron chi connectivity index (χ1n) is 18.7. The second kappa shape index (κ2) is 17.6. The predicted octanol–water partition coefficient (Wildman–Crippen LogP) is 8.73. The average Bonchev–Trinajstić information content (AvgIpc) is 4.08. The fourth-order valence-corrected chi connectivity index (χ4v) is 9.51. The van der Waals surface area contributed by atoms with Crippen LogP contribution in [0.5, 0.6) is 0 Å². The summed E-state index contributed by atoms with van der Waals surface area (Å²) in [5.41, 5.74) is 7.41. The molecule has 1 radical (unpaired) electrons. The van der Waals surface area contributed by atoms with E-state index in [2.05, 4.69) is 9.97 Å². The van der Waals surface area contributed by atoms with Crippen LogP contribution in [0.3, 0.4) is 0 Å². The largest absolute Gasteiger partial charge is 0.354 e. The van der Waals surface area contributed by atoms with Crippen LogP contribution in [0.25, 0.3) is 90.9 Å². The molecule has 6 N–H and O–H groups in total. The molecule has 0 saturated carbocycles. The zero-order valence-corrected chi connectivity index (χ0v) is 38.5. The molecule has 7 aromatic rings. The first-order valence-corrected chi connectivity index (χ1v) is 24.5. The summed E-state index contributed by atoms with van der Waals surface area (Å²) >= 11 is 0. The molecule has 66 heavy (non-hydrogen) atoms. The number of halogens is 1. The van der Waals surface area contributed by atoms with Crippen molar-refractivity contribution >= 4 is 99.3 Å². The van der Waals surface area contributed by atoms with Crippen molar-refractivity contribution < 1.29 is 69.0 Å². The van der Waals surface area contributed by atoms with Gasteiger partial charge in [0, 0.05) is 61.4 Å². The van der Waals surface area contributed by atoms with Gasteiger partial charge in [-0.15, -0.1) is 12.4 Å². The molecule has 9 rings (SSSR count). The molecule has 5 heterocycles. The van der Waals surface area contributed by atoms with E-state index in [0.717, 1.165) is 0 Å². The molecular formula is C44H31ClMnN4O12S4. The molecule has 0 fully saturated rings. The van der Waals surface area contributed by atoms with E-state index in [1.807, 2.05) is 0 Å². The minimum absolute atomic E-state index is 0. The Morgan fingerprint density at radius 1 is 0.318 bits per heavy atom. The molecular weight excluding hydrogens is 995 g/mol. The van der Waals surface area contributed by atoms with Crippen LogP contribution in [-0.4, -0.2) is 71.8 Å². The molecule has 0 spiro atoms. The number of H-pyrrole nitrogens is 2. The van der Waals surface area contributed by atoms with E-state index < -0.39 is 40.5 Å².